The molecule has 2 rings (SSSR count). The summed E-state index contributed by atoms with van der Waals surface area (Å²) in [4.78, 5) is 14.4. The summed E-state index contributed by atoms with van der Waals surface area (Å²) in [6.07, 6.45) is 7.06. The lowest BCUT2D eigenvalue weighted by atomic mass is 9.95. The molecule has 1 fully saturated rings. The first-order chi connectivity index (χ1) is 12.9. The Bertz CT molecular complexity index is 845. The van der Waals surface area contributed by atoms with Crippen LogP contribution >= 0.6 is 0 Å². The number of carbonyl (C=O) groups excluding carboxylic acids is 1. The second-order valence-corrected chi connectivity index (χ2v) is 9.42. The van der Waals surface area contributed by atoms with E-state index in [9.17, 15) is 18.7 Å². The zero-order valence-electron chi connectivity index (χ0n) is 15.7. The second-order valence-electron chi connectivity index (χ2n) is 6.91. The Morgan fingerprint density at radius 3 is 2.78 bits per heavy atom. The lowest BCUT2D eigenvalue weighted by Gasteiger charge is -2.32. The van der Waals surface area contributed by atoms with Crippen LogP contribution in [0, 0.1) is 23.1 Å². The minimum absolute atomic E-state index is 0.249. The summed E-state index contributed by atoms with van der Waals surface area (Å²) in [6.45, 7) is 4.82. The van der Waals surface area contributed by atoms with Crippen molar-refractivity contribution in [2.75, 3.05) is 30.0 Å². The standard InChI is InChI=1S/C20H26FN3O2S/c1-3-4-5-6-13-27(2,26)23-20(25)16-9-11-24(12-10-16)19-8-7-18(21)14-17(19)15-22/h3,7-8,14,16H,1,4-6,9-13H2,2H3. The van der Waals surface area contributed by atoms with Gasteiger partial charge in [-0.25, -0.2) is 8.60 Å². The number of anilines is 1. The van der Waals surface area contributed by atoms with Gasteiger partial charge in [-0.05, 0) is 50.3 Å². The molecular formula is C20H26FN3O2S. The van der Waals surface area contributed by atoms with Gasteiger partial charge in [-0.2, -0.15) is 9.62 Å². The maximum Gasteiger partial charge on any atom is 0.256 e. The van der Waals surface area contributed by atoms with Crippen molar-refractivity contribution in [2.24, 2.45) is 10.3 Å². The van der Waals surface area contributed by atoms with E-state index in [2.05, 4.69) is 10.9 Å². The Balaban J connectivity index is 1.96. The van der Waals surface area contributed by atoms with Gasteiger partial charge in [-0.15, -0.1) is 6.58 Å². The van der Waals surface area contributed by atoms with Crippen molar-refractivity contribution in [1.82, 2.24) is 0 Å². The van der Waals surface area contributed by atoms with Crippen LogP contribution in [0.1, 0.15) is 37.7 Å². The fraction of sp³-hybridized carbons (Fsp3) is 0.500. The zero-order chi connectivity index (χ0) is 19.9. The number of nitrogens with zero attached hydrogens (tertiary/aromatic N) is 3. The third-order valence-corrected chi connectivity index (χ3v) is 6.34. The number of hydrogen-bond acceptors (Lipinski definition) is 4. The number of carbonyl (C=O) groups is 1. The first kappa shape index (κ1) is 21.1. The zero-order valence-corrected chi connectivity index (χ0v) is 16.5. The van der Waals surface area contributed by atoms with Crippen LogP contribution in [0.2, 0.25) is 0 Å². The Hall–Kier alpha value is -2.20. The summed E-state index contributed by atoms with van der Waals surface area (Å²) in [5.41, 5.74) is 0.976. The van der Waals surface area contributed by atoms with Gasteiger partial charge in [-0.3, -0.25) is 4.79 Å². The van der Waals surface area contributed by atoms with Crippen LogP contribution in [0.25, 0.3) is 0 Å². The molecule has 1 amide bonds. The van der Waals surface area contributed by atoms with Crippen LogP contribution in [-0.2, 0) is 14.5 Å². The highest BCUT2D eigenvalue weighted by molar-refractivity contribution is 7.93. The first-order valence-corrected chi connectivity index (χ1v) is 11.2. The van der Waals surface area contributed by atoms with Gasteiger partial charge >= 0.3 is 0 Å². The SMILES string of the molecule is C=CCCCCS(C)(=O)=NC(=O)C1CCN(c2ccc(F)cc2C#N)CC1. The third kappa shape index (κ3) is 6.17. The average molecular weight is 392 g/mol. The monoisotopic (exact) mass is 391 g/mol. The molecule has 0 bridgehead atoms. The van der Waals surface area contributed by atoms with Crippen molar-refractivity contribution in [2.45, 2.75) is 32.1 Å². The minimum atomic E-state index is -2.50. The average Bonchev–Trinajstić information content (AvgIpc) is 2.65. The Kier molecular flexibility index (Phi) is 7.55. The van der Waals surface area contributed by atoms with Crippen molar-refractivity contribution < 1.29 is 13.4 Å². The molecule has 1 aromatic rings. The number of nitriles is 1. The third-order valence-electron chi connectivity index (χ3n) is 4.73. The van der Waals surface area contributed by atoms with Crippen molar-refractivity contribution in [1.29, 1.82) is 5.26 Å². The lowest BCUT2D eigenvalue weighted by molar-refractivity contribution is -0.121. The van der Waals surface area contributed by atoms with Crippen LogP contribution < -0.4 is 4.90 Å². The predicted molar refractivity (Wildman–Crippen MR) is 106 cm³/mol. The number of allylic oxidation sites excluding steroid dienone is 1. The maximum atomic E-state index is 13.3. The van der Waals surface area contributed by atoms with E-state index in [1.807, 2.05) is 17.0 Å². The summed E-state index contributed by atoms with van der Waals surface area (Å²) in [7, 11) is -2.50. The number of unbranched alkanes of at least 4 members (excludes halogenated alkanes) is 2. The normalized spacial score (nSPS) is 17.0. The second kappa shape index (κ2) is 9.65. The van der Waals surface area contributed by atoms with Crippen molar-refractivity contribution in [3.63, 3.8) is 0 Å². The van der Waals surface area contributed by atoms with Gasteiger partial charge < -0.3 is 4.90 Å². The van der Waals surface area contributed by atoms with Crippen molar-refractivity contribution >= 4 is 21.3 Å². The number of benzene rings is 1. The molecule has 27 heavy (non-hydrogen) atoms. The van der Waals surface area contributed by atoms with E-state index in [-0.39, 0.29) is 11.8 Å². The highest BCUT2D eigenvalue weighted by Crippen LogP contribution is 2.27. The van der Waals surface area contributed by atoms with E-state index in [1.165, 1.54) is 12.1 Å². The largest absolute Gasteiger partial charge is 0.370 e. The van der Waals surface area contributed by atoms with Gasteiger partial charge in [0.1, 0.15) is 11.9 Å². The topological polar surface area (TPSA) is 73.5 Å². The van der Waals surface area contributed by atoms with E-state index in [1.54, 1.807) is 12.3 Å². The van der Waals surface area contributed by atoms with Gasteiger partial charge in [0, 0.05) is 31.0 Å². The molecule has 1 aliphatic rings. The summed E-state index contributed by atoms with van der Waals surface area (Å²) in [5, 5.41) is 9.20. The summed E-state index contributed by atoms with van der Waals surface area (Å²) in [6, 6.07) is 6.17. The molecule has 1 aliphatic heterocycles. The molecule has 1 aromatic carbocycles. The van der Waals surface area contributed by atoms with Crippen molar-refractivity contribution in [3.8, 4) is 6.07 Å². The molecule has 0 saturated carbocycles. The number of rotatable bonds is 7. The number of halogens is 1. The lowest BCUT2D eigenvalue weighted by Crippen LogP contribution is -2.36. The molecule has 5 nitrogen and oxygen atoms in total. The van der Waals surface area contributed by atoms with E-state index >= 15 is 0 Å². The highest BCUT2D eigenvalue weighted by atomic mass is 32.2. The molecule has 146 valence electrons. The quantitative estimate of drug-likeness (QED) is 0.522. The number of piperidine rings is 1. The molecule has 1 atom stereocenters. The number of hydrogen-bond donors (Lipinski definition) is 0. The fourth-order valence-electron chi connectivity index (χ4n) is 3.21. The number of amides is 1. The van der Waals surface area contributed by atoms with E-state index in [0.717, 1.165) is 19.3 Å². The Morgan fingerprint density at radius 1 is 1.44 bits per heavy atom. The summed E-state index contributed by atoms with van der Waals surface area (Å²) in [5.74, 6) is -0.552. The van der Waals surface area contributed by atoms with Gasteiger partial charge in [0.05, 0.1) is 21.0 Å². The predicted octanol–water partition coefficient (Wildman–Crippen LogP) is 3.89. The minimum Gasteiger partial charge on any atom is -0.370 e. The van der Waals surface area contributed by atoms with E-state index in [0.29, 0.717) is 42.9 Å². The molecule has 7 heteroatoms. The van der Waals surface area contributed by atoms with Gasteiger partial charge in [0.2, 0.25) is 0 Å². The van der Waals surface area contributed by atoms with Crippen LogP contribution in [0.3, 0.4) is 0 Å². The smallest absolute Gasteiger partial charge is 0.256 e. The van der Waals surface area contributed by atoms with Crippen LogP contribution in [0.5, 0.6) is 0 Å². The molecular weight excluding hydrogens is 365 g/mol. The van der Waals surface area contributed by atoms with Crippen LogP contribution in [0.15, 0.2) is 35.2 Å². The molecule has 0 radical (unpaired) electrons. The van der Waals surface area contributed by atoms with Crippen molar-refractivity contribution in [3.05, 3.63) is 42.2 Å². The molecule has 1 heterocycles. The van der Waals surface area contributed by atoms with Gasteiger partial charge in [0.25, 0.3) is 5.91 Å². The first-order valence-electron chi connectivity index (χ1n) is 9.15. The molecule has 1 unspecified atom stereocenters. The van der Waals surface area contributed by atoms with Gasteiger partial charge in [-0.1, -0.05) is 6.08 Å². The Labute approximate surface area is 161 Å². The highest BCUT2D eigenvalue weighted by Gasteiger charge is 2.26. The Morgan fingerprint density at radius 2 is 2.15 bits per heavy atom. The molecule has 0 aliphatic carbocycles. The van der Waals surface area contributed by atoms with E-state index < -0.39 is 15.5 Å². The summed E-state index contributed by atoms with van der Waals surface area (Å²) >= 11 is 0. The molecule has 0 spiro atoms. The fourth-order valence-corrected chi connectivity index (χ4v) is 4.57. The molecule has 0 aromatic heterocycles. The summed E-state index contributed by atoms with van der Waals surface area (Å²) < 4.78 is 29.8. The van der Waals surface area contributed by atoms with Crippen LogP contribution in [0.4, 0.5) is 10.1 Å². The molecule has 0 N–H and O–H groups in total. The maximum absolute atomic E-state index is 13.3. The van der Waals surface area contributed by atoms with Crippen LogP contribution in [-0.4, -0.2) is 35.2 Å². The molecule has 1 saturated heterocycles. The van der Waals surface area contributed by atoms with Gasteiger partial charge in [0.15, 0.2) is 0 Å². The van der Waals surface area contributed by atoms with E-state index in [4.69, 9.17) is 0 Å².